The minimum absolute atomic E-state index is 0. The van der Waals surface area contributed by atoms with E-state index in [2.05, 4.69) is 45.5 Å². The Morgan fingerprint density at radius 1 is 0.722 bits per heavy atom. The molecule has 8 aromatic heterocycles. The van der Waals surface area contributed by atoms with Gasteiger partial charge in [0, 0.05) is 80.4 Å². The van der Waals surface area contributed by atoms with Crippen molar-refractivity contribution in [3.8, 4) is 6.07 Å². The van der Waals surface area contributed by atoms with Crippen molar-refractivity contribution < 1.29 is 53.8 Å². The third-order valence-electron chi connectivity index (χ3n) is 12.3. The molecule has 79 heavy (non-hydrogen) atoms. The number of benzene rings is 1. The zero-order valence-electron chi connectivity index (χ0n) is 40.0. The summed E-state index contributed by atoms with van der Waals surface area (Å²) >= 11 is 6.03. The number of nitrogens with one attached hydrogen (secondary N) is 2. The number of aromatic nitrogens is 11. The molecule has 2 aliphatic rings. The van der Waals surface area contributed by atoms with Crippen LogP contribution >= 0.6 is 11.6 Å². The third kappa shape index (κ3) is 13.5. The first-order chi connectivity index (χ1) is 36.8. The number of carbonyl (C=O) groups is 1. The number of pyridine rings is 5. The molecule has 4 N–H and O–H groups in total. The summed E-state index contributed by atoms with van der Waals surface area (Å²) in [5.41, 5.74) is 6.66. The Morgan fingerprint density at radius 2 is 1.34 bits per heavy atom. The Labute approximate surface area is 449 Å². The number of hydrogen-bond acceptors (Lipinski definition) is 13. The maximum atomic E-state index is 13.2. The first kappa shape index (κ1) is 58.8. The minimum Gasteiger partial charge on any atom is -0.356 e. The molecule has 0 saturated carbocycles. The number of hydrogen-bond donors (Lipinski definition) is 3. The first-order valence-electron chi connectivity index (χ1n) is 23.7. The van der Waals surface area contributed by atoms with Crippen molar-refractivity contribution in [1.29, 1.82) is 5.26 Å². The van der Waals surface area contributed by atoms with Crippen LogP contribution in [0.4, 0.5) is 39.5 Å². The van der Waals surface area contributed by atoms with E-state index in [1.54, 1.807) is 30.6 Å². The molecular weight excluding hydrogens is 1080 g/mol. The van der Waals surface area contributed by atoms with E-state index < -0.39 is 48.1 Å². The molecule has 0 radical (unpaired) electrons. The van der Waals surface area contributed by atoms with Crippen LogP contribution in [0.1, 0.15) is 121 Å². The lowest BCUT2D eigenvalue weighted by Gasteiger charge is -2.23. The van der Waals surface area contributed by atoms with Gasteiger partial charge in [-0.2, -0.15) is 60.1 Å². The second kappa shape index (κ2) is 24.4. The number of amides is 1. The van der Waals surface area contributed by atoms with E-state index in [0.29, 0.717) is 59.9 Å². The van der Waals surface area contributed by atoms with Gasteiger partial charge in [0.2, 0.25) is 0 Å². The fraction of sp³-hybridized carbons (Fsp3) is 0.346. The molecule has 0 spiro atoms. The number of aromatic amines is 1. The van der Waals surface area contributed by atoms with E-state index in [1.807, 2.05) is 29.4 Å². The van der Waals surface area contributed by atoms with Crippen molar-refractivity contribution in [3.63, 3.8) is 0 Å². The van der Waals surface area contributed by atoms with Crippen LogP contribution in [0.3, 0.4) is 0 Å². The first-order valence-corrected chi connectivity index (χ1v) is 24.1. The molecule has 0 bridgehead atoms. The largest absolute Gasteiger partial charge is 0.435 e. The number of ether oxygens (including phenoxy) is 2. The van der Waals surface area contributed by atoms with Gasteiger partial charge in [0.15, 0.2) is 40.8 Å². The van der Waals surface area contributed by atoms with Crippen LogP contribution in [0.5, 0.6) is 0 Å². The Bertz CT molecular complexity index is 3640. The molecule has 10 heterocycles. The fourth-order valence-electron chi connectivity index (χ4n) is 8.65. The Kier molecular flexibility index (Phi) is 18.2. The lowest BCUT2D eigenvalue weighted by Crippen LogP contribution is -2.23. The summed E-state index contributed by atoms with van der Waals surface area (Å²) in [6.07, 6.45) is -2.26. The number of H-pyrrole nitrogens is 1. The molecule has 17 nitrogen and oxygen atoms in total. The fourth-order valence-corrected chi connectivity index (χ4v) is 8.81. The molecular formula is C52H50ClF9N14O3. The van der Waals surface area contributed by atoms with Crippen molar-refractivity contribution in [3.05, 3.63) is 141 Å². The average Bonchev–Trinajstić information content (AvgIpc) is 4.33. The average molecular weight is 1130 g/mol. The highest BCUT2D eigenvalue weighted by Crippen LogP contribution is 2.38. The van der Waals surface area contributed by atoms with Gasteiger partial charge in [-0.05, 0) is 104 Å². The van der Waals surface area contributed by atoms with E-state index in [-0.39, 0.29) is 72.5 Å². The number of alkyl halides is 9. The third-order valence-corrected chi connectivity index (χ3v) is 12.5. The summed E-state index contributed by atoms with van der Waals surface area (Å²) < 4.78 is 132. The number of halogens is 10. The molecule has 416 valence electrons. The quantitative estimate of drug-likeness (QED) is 0.121. The Morgan fingerprint density at radius 3 is 1.94 bits per heavy atom. The Balaban J connectivity index is 0.000000178. The molecule has 2 atom stereocenters. The summed E-state index contributed by atoms with van der Waals surface area (Å²) in [6, 6.07) is 16.5. The number of nitrogens with two attached hydrogens (primary N) is 1. The molecule has 2 unspecified atom stereocenters. The van der Waals surface area contributed by atoms with Crippen LogP contribution in [0, 0.1) is 11.3 Å². The molecule has 2 fully saturated rings. The maximum absolute atomic E-state index is 13.2. The summed E-state index contributed by atoms with van der Waals surface area (Å²) in [5, 5.41) is 25.6. The van der Waals surface area contributed by atoms with Gasteiger partial charge in [-0.3, -0.25) is 19.9 Å². The highest BCUT2D eigenvalue weighted by molar-refractivity contribution is 6.31. The second-order valence-electron chi connectivity index (χ2n) is 17.7. The van der Waals surface area contributed by atoms with Crippen LogP contribution in [0.25, 0.3) is 44.0 Å². The lowest BCUT2D eigenvalue weighted by atomic mass is 10.0. The summed E-state index contributed by atoms with van der Waals surface area (Å²) in [5.74, 6) is -0.383. The normalized spacial score (nSPS) is 15.8. The van der Waals surface area contributed by atoms with Gasteiger partial charge in [-0.1, -0.05) is 32.5 Å². The minimum atomic E-state index is -4.60. The molecule has 1 amide bonds. The van der Waals surface area contributed by atoms with Crippen molar-refractivity contribution in [2.75, 3.05) is 13.2 Å². The molecule has 1 aromatic carbocycles. The molecule has 9 aromatic rings. The lowest BCUT2D eigenvalue weighted by molar-refractivity contribution is -0.142. The van der Waals surface area contributed by atoms with E-state index in [1.165, 1.54) is 40.1 Å². The van der Waals surface area contributed by atoms with Crippen LogP contribution in [-0.2, 0) is 47.5 Å². The van der Waals surface area contributed by atoms with Gasteiger partial charge in [0.05, 0.1) is 32.3 Å². The van der Waals surface area contributed by atoms with Crippen molar-refractivity contribution in [1.82, 2.24) is 60.0 Å². The van der Waals surface area contributed by atoms with E-state index in [0.717, 1.165) is 48.2 Å². The van der Waals surface area contributed by atoms with Crippen LogP contribution in [0.2, 0.25) is 5.02 Å². The van der Waals surface area contributed by atoms with Gasteiger partial charge in [0.25, 0.3) is 5.91 Å². The smallest absolute Gasteiger partial charge is 0.356 e. The zero-order valence-corrected chi connectivity index (χ0v) is 40.8. The van der Waals surface area contributed by atoms with E-state index >= 15 is 0 Å². The SMILES string of the molecule is C.C.N#Cc1cnc2c(c1)c(C(F)(F)F)nn2C1CCCCO1.NCc1cnc2c(c1)c(C(F)(F)F)nn2C1CCCCO1.O=C(NCc1cnc2n[nH]c(C(F)(F)F)c2c1)c1ccnc(Cc2ccc3ncc(Cl)cc3c2)c1. The number of rotatable bonds is 8. The summed E-state index contributed by atoms with van der Waals surface area (Å²) in [6.45, 7) is 1.14. The molecule has 2 saturated heterocycles. The monoisotopic (exact) mass is 1120 g/mol. The van der Waals surface area contributed by atoms with Crippen LogP contribution in [-0.4, -0.2) is 73.8 Å². The predicted molar refractivity (Wildman–Crippen MR) is 273 cm³/mol. The zero-order chi connectivity index (χ0) is 54.6. The highest BCUT2D eigenvalue weighted by Gasteiger charge is 2.40. The van der Waals surface area contributed by atoms with Gasteiger partial charge in [0.1, 0.15) is 11.8 Å². The highest BCUT2D eigenvalue weighted by atomic mass is 35.5. The standard InChI is InChI=1S/C24H16ClF3N6O.C13H15F3N4O.C13H11F3N4O.2CH4/c25-17-8-16-5-13(1-2-20(16)30-12-17)6-18-9-15(3-4-29-18)23(35)32-11-14-7-19-21(24(26,27)28)33-34-22(19)31-10-14;2*14-13(15,16)11-9-5-8(6-17)7-18-12(9)20(19-11)10-3-1-2-4-21-10;;/h1-5,7-10,12H,6,11H2,(H,32,35)(H,31,33,34);5,7,10H,1-4,6,17H2;5,7,10H,1-4H2;2*1H4. The van der Waals surface area contributed by atoms with Gasteiger partial charge < -0.3 is 20.5 Å². The Hall–Kier alpha value is -7.86. The maximum Gasteiger partial charge on any atom is 0.435 e. The predicted octanol–water partition coefficient (Wildman–Crippen LogP) is 12.0. The van der Waals surface area contributed by atoms with Gasteiger partial charge >= 0.3 is 18.5 Å². The van der Waals surface area contributed by atoms with E-state index in [4.69, 9.17) is 32.1 Å². The number of nitrogens with zero attached hydrogens (tertiary/aromatic N) is 11. The molecule has 2 aliphatic heterocycles. The summed E-state index contributed by atoms with van der Waals surface area (Å²) in [4.78, 5) is 33.3. The van der Waals surface area contributed by atoms with Crippen molar-refractivity contribution >= 4 is 61.5 Å². The van der Waals surface area contributed by atoms with Crippen molar-refractivity contribution in [2.24, 2.45) is 5.73 Å². The summed E-state index contributed by atoms with van der Waals surface area (Å²) in [7, 11) is 0. The number of nitriles is 1. The van der Waals surface area contributed by atoms with Crippen LogP contribution < -0.4 is 11.1 Å². The van der Waals surface area contributed by atoms with Gasteiger partial charge in [-0.15, -0.1) is 0 Å². The molecule has 27 heteroatoms. The molecule has 0 aliphatic carbocycles. The van der Waals surface area contributed by atoms with Crippen molar-refractivity contribution in [2.45, 2.75) is 104 Å². The second-order valence-corrected chi connectivity index (χ2v) is 18.2. The van der Waals surface area contributed by atoms with E-state index in [9.17, 15) is 44.3 Å². The number of fused-ring (bicyclic) bond motifs is 4. The molecule has 11 rings (SSSR count). The number of carbonyl (C=O) groups excluding carboxylic acids is 1. The van der Waals surface area contributed by atoms with Gasteiger partial charge in [-0.25, -0.2) is 24.3 Å². The topological polar surface area (TPSA) is 226 Å². The van der Waals surface area contributed by atoms with Crippen LogP contribution in [0.15, 0.2) is 85.6 Å².